The van der Waals surface area contributed by atoms with E-state index in [2.05, 4.69) is 24.2 Å². The highest BCUT2D eigenvalue weighted by Gasteiger charge is 2.34. The molecule has 0 heterocycles. The fourth-order valence-electron chi connectivity index (χ4n) is 3.91. The van der Waals surface area contributed by atoms with Crippen molar-refractivity contribution in [1.29, 1.82) is 0 Å². The summed E-state index contributed by atoms with van der Waals surface area (Å²) in [6, 6.07) is 2.40. The highest BCUT2D eigenvalue weighted by Crippen LogP contribution is 2.31. The molecule has 2 unspecified atom stereocenters. The molecule has 0 amide bonds. The van der Waals surface area contributed by atoms with Gasteiger partial charge in [0.15, 0.2) is 0 Å². The number of hydrogen-bond donors (Lipinski definition) is 1. The van der Waals surface area contributed by atoms with Gasteiger partial charge in [-0.1, -0.05) is 58.3 Å². The molecule has 0 aromatic heterocycles. The number of nitrogens with zero attached hydrogens (tertiary/aromatic N) is 1. The van der Waals surface area contributed by atoms with Crippen LogP contribution in [0.2, 0.25) is 0 Å². The molecule has 0 radical (unpaired) electrons. The van der Waals surface area contributed by atoms with Crippen LogP contribution in [0.25, 0.3) is 0 Å². The second-order valence-corrected chi connectivity index (χ2v) is 7.03. The lowest BCUT2D eigenvalue weighted by Crippen LogP contribution is -2.49. The van der Waals surface area contributed by atoms with Crippen molar-refractivity contribution in [3.8, 4) is 0 Å². The van der Waals surface area contributed by atoms with E-state index in [9.17, 15) is 0 Å². The first kappa shape index (κ1) is 16.3. The molecular weight excluding hydrogens is 244 g/mol. The van der Waals surface area contributed by atoms with Crippen molar-refractivity contribution in [3.05, 3.63) is 0 Å². The molecule has 2 fully saturated rings. The first-order valence-electron chi connectivity index (χ1n) is 9.28. The van der Waals surface area contributed by atoms with Crippen molar-refractivity contribution in [2.45, 2.75) is 102 Å². The molecule has 2 aliphatic carbocycles. The van der Waals surface area contributed by atoms with Crippen molar-refractivity contribution in [2.24, 2.45) is 0 Å². The summed E-state index contributed by atoms with van der Waals surface area (Å²) >= 11 is 0. The smallest absolute Gasteiger partial charge is 0.0249 e. The van der Waals surface area contributed by atoms with Crippen LogP contribution in [0.15, 0.2) is 0 Å². The molecule has 1 N–H and O–H groups in total. The molecule has 2 heteroatoms. The highest BCUT2D eigenvalue weighted by molar-refractivity contribution is 4.92. The third kappa shape index (κ3) is 5.37. The zero-order valence-corrected chi connectivity index (χ0v) is 13.9. The molecule has 0 aliphatic heterocycles. The fraction of sp³-hybridized carbons (Fsp3) is 1.00. The fourth-order valence-corrected chi connectivity index (χ4v) is 3.91. The molecule has 2 saturated carbocycles. The molecule has 0 spiro atoms. The molecule has 0 aromatic rings. The van der Waals surface area contributed by atoms with Crippen molar-refractivity contribution in [3.63, 3.8) is 0 Å². The van der Waals surface area contributed by atoms with Crippen LogP contribution in [0.1, 0.15) is 84.0 Å². The zero-order chi connectivity index (χ0) is 14.2. The Morgan fingerprint density at radius 2 is 1.35 bits per heavy atom. The lowest BCUT2D eigenvalue weighted by Gasteiger charge is -2.36. The molecule has 2 aliphatic rings. The Morgan fingerprint density at radius 3 is 1.90 bits per heavy atom. The third-order valence-electron chi connectivity index (χ3n) is 5.34. The Balaban J connectivity index is 1.93. The van der Waals surface area contributed by atoms with Crippen molar-refractivity contribution in [2.75, 3.05) is 13.6 Å². The Bertz CT molecular complexity index is 250. The first-order chi connectivity index (χ1) is 9.83. The molecule has 2 nitrogen and oxygen atoms in total. The average molecular weight is 281 g/mol. The van der Waals surface area contributed by atoms with Crippen molar-refractivity contribution >= 4 is 0 Å². The Labute approximate surface area is 126 Å². The molecule has 0 saturated heterocycles. The molecule has 2 atom stereocenters. The van der Waals surface area contributed by atoms with Gasteiger partial charge in [-0.2, -0.15) is 0 Å². The van der Waals surface area contributed by atoms with E-state index in [1.54, 1.807) is 0 Å². The van der Waals surface area contributed by atoms with Gasteiger partial charge >= 0.3 is 0 Å². The van der Waals surface area contributed by atoms with E-state index in [1.165, 1.54) is 77.0 Å². The molecule has 118 valence electrons. The predicted molar refractivity (Wildman–Crippen MR) is 88.2 cm³/mol. The second-order valence-electron chi connectivity index (χ2n) is 7.03. The minimum Gasteiger partial charge on any atom is -0.313 e. The molecule has 20 heavy (non-hydrogen) atoms. The quantitative estimate of drug-likeness (QED) is 0.824. The van der Waals surface area contributed by atoms with Crippen LogP contribution in [0, 0.1) is 0 Å². The summed E-state index contributed by atoms with van der Waals surface area (Å²) in [4.78, 5) is 2.72. The van der Waals surface area contributed by atoms with E-state index >= 15 is 0 Å². The van der Waals surface area contributed by atoms with Crippen molar-refractivity contribution in [1.82, 2.24) is 10.2 Å². The van der Waals surface area contributed by atoms with Crippen LogP contribution < -0.4 is 5.32 Å². The van der Waals surface area contributed by atoms with E-state index in [0.29, 0.717) is 0 Å². The summed E-state index contributed by atoms with van der Waals surface area (Å²) in [5.74, 6) is 0. The summed E-state index contributed by atoms with van der Waals surface area (Å²) in [7, 11) is 2.39. The van der Waals surface area contributed by atoms with Gasteiger partial charge in [0.1, 0.15) is 0 Å². The first-order valence-corrected chi connectivity index (χ1v) is 9.28. The van der Waals surface area contributed by atoms with E-state index < -0.39 is 0 Å². The van der Waals surface area contributed by atoms with Crippen molar-refractivity contribution < 1.29 is 0 Å². The molecule has 2 rings (SSSR count). The van der Waals surface area contributed by atoms with Gasteiger partial charge < -0.3 is 5.32 Å². The van der Waals surface area contributed by atoms with Crippen LogP contribution in [0.5, 0.6) is 0 Å². The Morgan fingerprint density at radius 1 is 0.800 bits per heavy atom. The zero-order valence-electron chi connectivity index (χ0n) is 13.9. The maximum absolute atomic E-state index is 3.81. The number of hydrogen-bond acceptors (Lipinski definition) is 2. The van der Waals surface area contributed by atoms with Crippen LogP contribution in [-0.4, -0.2) is 36.6 Å². The van der Waals surface area contributed by atoms with Gasteiger partial charge in [0.05, 0.1) is 0 Å². The number of nitrogens with one attached hydrogen (secondary N) is 1. The SMILES string of the molecule is CCNC1CCCCCCCCCCC1N(C)C1CC1. The third-order valence-corrected chi connectivity index (χ3v) is 5.34. The Kier molecular flexibility index (Phi) is 7.37. The Hall–Kier alpha value is -0.0800. The second kappa shape index (κ2) is 9.04. The van der Waals surface area contributed by atoms with Gasteiger partial charge in [0.2, 0.25) is 0 Å². The maximum Gasteiger partial charge on any atom is 0.0249 e. The monoisotopic (exact) mass is 280 g/mol. The number of rotatable bonds is 4. The van der Waals surface area contributed by atoms with E-state index in [4.69, 9.17) is 0 Å². The summed E-state index contributed by atoms with van der Waals surface area (Å²) in [5, 5.41) is 3.81. The minimum absolute atomic E-state index is 0.727. The highest BCUT2D eigenvalue weighted by atomic mass is 15.2. The predicted octanol–water partition coefficient (Wildman–Crippen LogP) is 4.34. The largest absolute Gasteiger partial charge is 0.313 e. The average Bonchev–Trinajstić information content (AvgIpc) is 3.26. The minimum atomic E-state index is 0.727. The number of likely N-dealkylation sites (N-methyl/N-ethyl adjacent to an activating group) is 2. The van der Waals surface area contributed by atoms with E-state index in [-0.39, 0.29) is 0 Å². The van der Waals surface area contributed by atoms with Gasteiger partial charge in [-0.3, -0.25) is 4.90 Å². The van der Waals surface area contributed by atoms with Gasteiger partial charge in [-0.25, -0.2) is 0 Å². The van der Waals surface area contributed by atoms with E-state index in [1.807, 2.05) is 0 Å². The molecule has 0 aromatic carbocycles. The standard InChI is InChI=1S/C18H36N2/c1-3-19-17-12-10-8-6-4-5-7-9-11-13-18(17)20(2)16-14-15-16/h16-19H,3-15H2,1-2H3. The summed E-state index contributed by atoms with van der Waals surface area (Å²) in [6.07, 6.45) is 17.3. The van der Waals surface area contributed by atoms with Gasteiger partial charge in [-0.05, 0) is 39.3 Å². The van der Waals surface area contributed by atoms with Crippen LogP contribution in [0.4, 0.5) is 0 Å². The van der Waals surface area contributed by atoms with E-state index in [0.717, 1.165) is 24.7 Å². The van der Waals surface area contributed by atoms with Crippen LogP contribution in [-0.2, 0) is 0 Å². The van der Waals surface area contributed by atoms with Gasteiger partial charge in [0, 0.05) is 18.1 Å². The molecular formula is C18H36N2. The lowest BCUT2D eigenvalue weighted by atomic mass is 9.93. The summed E-state index contributed by atoms with van der Waals surface area (Å²) < 4.78 is 0. The van der Waals surface area contributed by atoms with Gasteiger partial charge in [0.25, 0.3) is 0 Å². The normalized spacial score (nSPS) is 30.8. The summed E-state index contributed by atoms with van der Waals surface area (Å²) in [6.45, 7) is 3.39. The maximum atomic E-state index is 3.81. The van der Waals surface area contributed by atoms with Gasteiger partial charge in [-0.15, -0.1) is 0 Å². The lowest BCUT2D eigenvalue weighted by molar-refractivity contribution is 0.162. The van der Waals surface area contributed by atoms with Crippen LogP contribution in [0.3, 0.4) is 0 Å². The van der Waals surface area contributed by atoms with Crippen LogP contribution >= 0.6 is 0 Å². The molecule has 0 bridgehead atoms. The topological polar surface area (TPSA) is 15.3 Å². The summed E-state index contributed by atoms with van der Waals surface area (Å²) in [5.41, 5.74) is 0.